The van der Waals surface area contributed by atoms with Crippen LogP contribution in [0.25, 0.3) is 0 Å². The SMILES string of the molecule is CC(C)OCCN1C(=O)CNC1c1ccc(C(C)C)cc1. The van der Waals surface area contributed by atoms with Gasteiger partial charge in [0.15, 0.2) is 0 Å². The lowest BCUT2D eigenvalue weighted by atomic mass is 10.0. The third-order valence-electron chi connectivity index (χ3n) is 3.78. The van der Waals surface area contributed by atoms with Crippen LogP contribution in [0, 0.1) is 0 Å². The molecule has 1 aromatic rings. The maximum absolute atomic E-state index is 12.0. The van der Waals surface area contributed by atoms with E-state index in [1.165, 1.54) is 5.56 Å². The number of benzene rings is 1. The van der Waals surface area contributed by atoms with Crippen molar-refractivity contribution in [1.29, 1.82) is 0 Å². The molecule has 0 spiro atoms. The van der Waals surface area contributed by atoms with Crippen LogP contribution in [0.1, 0.15) is 50.9 Å². The molecule has 1 aromatic carbocycles. The van der Waals surface area contributed by atoms with E-state index in [1.54, 1.807) is 0 Å². The van der Waals surface area contributed by atoms with Gasteiger partial charge in [-0.1, -0.05) is 38.1 Å². The van der Waals surface area contributed by atoms with E-state index in [1.807, 2.05) is 18.7 Å². The Morgan fingerprint density at radius 1 is 1.24 bits per heavy atom. The molecule has 0 bridgehead atoms. The molecule has 4 heteroatoms. The molecule has 1 saturated heterocycles. The molecular weight excluding hydrogens is 264 g/mol. The van der Waals surface area contributed by atoms with E-state index >= 15 is 0 Å². The van der Waals surface area contributed by atoms with E-state index in [2.05, 4.69) is 43.4 Å². The largest absolute Gasteiger partial charge is 0.377 e. The quantitative estimate of drug-likeness (QED) is 0.876. The molecule has 0 aromatic heterocycles. The highest BCUT2D eigenvalue weighted by molar-refractivity contribution is 5.80. The highest BCUT2D eigenvalue weighted by Gasteiger charge is 2.31. The fourth-order valence-corrected chi connectivity index (χ4v) is 2.54. The van der Waals surface area contributed by atoms with Crippen LogP contribution in [0.2, 0.25) is 0 Å². The van der Waals surface area contributed by atoms with Crippen molar-refractivity contribution in [2.24, 2.45) is 0 Å². The number of rotatable bonds is 6. The number of hydrogen-bond acceptors (Lipinski definition) is 3. The first-order chi connectivity index (χ1) is 9.99. The van der Waals surface area contributed by atoms with Gasteiger partial charge in [-0.05, 0) is 30.9 Å². The van der Waals surface area contributed by atoms with Crippen molar-refractivity contribution in [3.63, 3.8) is 0 Å². The van der Waals surface area contributed by atoms with Gasteiger partial charge in [0.1, 0.15) is 6.17 Å². The zero-order valence-corrected chi connectivity index (χ0v) is 13.4. The third kappa shape index (κ3) is 4.05. The fraction of sp³-hybridized carbons (Fsp3) is 0.588. The van der Waals surface area contributed by atoms with Crippen LogP contribution in [0.15, 0.2) is 24.3 Å². The van der Waals surface area contributed by atoms with E-state index in [9.17, 15) is 4.79 Å². The number of carbonyl (C=O) groups is 1. The van der Waals surface area contributed by atoms with Crippen LogP contribution in [0.5, 0.6) is 0 Å². The summed E-state index contributed by atoms with van der Waals surface area (Å²) >= 11 is 0. The van der Waals surface area contributed by atoms with Gasteiger partial charge >= 0.3 is 0 Å². The van der Waals surface area contributed by atoms with E-state index in [0.717, 1.165) is 5.56 Å². The molecule has 1 N–H and O–H groups in total. The molecule has 4 nitrogen and oxygen atoms in total. The minimum Gasteiger partial charge on any atom is -0.377 e. The van der Waals surface area contributed by atoms with Gasteiger partial charge in [0, 0.05) is 6.54 Å². The summed E-state index contributed by atoms with van der Waals surface area (Å²) in [6, 6.07) is 8.52. The van der Waals surface area contributed by atoms with Crippen molar-refractivity contribution >= 4 is 5.91 Å². The highest BCUT2D eigenvalue weighted by atomic mass is 16.5. The molecule has 2 rings (SSSR count). The molecule has 0 saturated carbocycles. The second-order valence-corrected chi connectivity index (χ2v) is 6.11. The lowest BCUT2D eigenvalue weighted by Crippen LogP contribution is -2.33. The topological polar surface area (TPSA) is 41.6 Å². The van der Waals surface area contributed by atoms with Crippen LogP contribution in [-0.2, 0) is 9.53 Å². The van der Waals surface area contributed by atoms with Crippen molar-refractivity contribution in [3.8, 4) is 0 Å². The lowest BCUT2D eigenvalue weighted by Gasteiger charge is -2.25. The van der Waals surface area contributed by atoms with Gasteiger partial charge in [0.25, 0.3) is 0 Å². The van der Waals surface area contributed by atoms with Crippen molar-refractivity contribution in [1.82, 2.24) is 10.2 Å². The second-order valence-electron chi connectivity index (χ2n) is 6.11. The smallest absolute Gasteiger partial charge is 0.238 e. The number of nitrogens with one attached hydrogen (secondary N) is 1. The third-order valence-corrected chi connectivity index (χ3v) is 3.78. The van der Waals surface area contributed by atoms with Gasteiger partial charge < -0.3 is 9.64 Å². The fourth-order valence-electron chi connectivity index (χ4n) is 2.54. The maximum Gasteiger partial charge on any atom is 0.238 e. The lowest BCUT2D eigenvalue weighted by molar-refractivity contribution is -0.129. The molecule has 1 unspecified atom stereocenters. The van der Waals surface area contributed by atoms with Gasteiger partial charge in [0.05, 0.1) is 19.3 Å². The van der Waals surface area contributed by atoms with Crippen LogP contribution < -0.4 is 5.32 Å². The number of nitrogens with zero attached hydrogens (tertiary/aromatic N) is 1. The highest BCUT2D eigenvalue weighted by Crippen LogP contribution is 2.24. The van der Waals surface area contributed by atoms with Crippen LogP contribution in [-0.4, -0.2) is 36.6 Å². The van der Waals surface area contributed by atoms with Crippen molar-refractivity contribution in [2.75, 3.05) is 19.7 Å². The Bertz CT molecular complexity index is 468. The van der Waals surface area contributed by atoms with Gasteiger partial charge in [-0.25, -0.2) is 0 Å². The summed E-state index contributed by atoms with van der Waals surface area (Å²) < 4.78 is 5.57. The first kappa shape index (κ1) is 16.0. The number of amides is 1. The van der Waals surface area contributed by atoms with Crippen molar-refractivity contribution in [2.45, 2.75) is 45.9 Å². The Kier molecular flexibility index (Phi) is 5.37. The number of ether oxygens (including phenoxy) is 1. The molecule has 1 amide bonds. The standard InChI is InChI=1S/C17H26N2O2/c1-12(2)14-5-7-15(8-6-14)17-18-11-16(20)19(17)9-10-21-13(3)4/h5-8,12-13,17-18H,9-11H2,1-4H3. The average Bonchev–Trinajstić information content (AvgIpc) is 2.80. The van der Waals surface area contributed by atoms with E-state index < -0.39 is 0 Å². The van der Waals surface area contributed by atoms with Crippen LogP contribution in [0.3, 0.4) is 0 Å². The number of hydrogen-bond donors (Lipinski definition) is 1. The van der Waals surface area contributed by atoms with Crippen molar-refractivity contribution in [3.05, 3.63) is 35.4 Å². The summed E-state index contributed by atoms with van der Waals surface area (Å²) in [7, 11) is 0. The molecule has 1 atom stereocenters. The van der Waals surface area contributed by atoms with Crippen LogP contribution >= 0.6 is 0 Å². The zero-order valence-electron chi connectivity index (χ0n) is 13.4. The van der Waals surface area contributed by atoms with Crippen molar-refractivity contribution < 1.29 is 9.53 Å². The van der Waals surface area contributed by atoms with Gasteiger partial charge in [-0.15, -0.1) is 0 Å². The number of carbonyl (C=O) groups excluding carboxylic acids is 1. The zero-order chi connectivity index (χ0) is 15.4. The Morgan fingerprint density at radius 3 is 2.48 bits per heavy atom. The van der Waals surface area contributed by atoms with E-state index in [-0.39, 0.29) is 18.2 Å². The summed E-state index contributed by atoms with van der Waals surface area (Å²) in [6.07, 6.45) is 0.161. The first-order valence-corrected chi connectivity index (χ1v) is 7.73. The molecule has 21 heavy (non-hydrogen) atoms. The maximum atomic E-state index is 12.0. The minimum atomic E-state index is -0.0329. The molecule has 0 radical (unpaired) electrons. The normalized spacial score (nSPS) is 19.0. The van der Waals surface area contributed by atoms with Gasteiger partial charge in [-0.2, -0.15) is 0 Å². The molecule has 1 heterocycles. The van der Waals surface area contributed by atoms with Gasteiger partial charge in [-0.3, -0.25) is 10.1 Å². The minimum absolute atomic E-state index is 0.0329. The van der Waals surface area contributed by atoms with E-state index in [4.69, 9.17) is 4.74 Å². The Morgan fingerprint density at radius 2 is 1.90 bits per heavy atom. The molecular formula is C17H26N2O2. The second kappa shape index (κ2) is 7.05. The predicted octanol–water partition coefficient (Wildman–Crippen LogP) is 2.67. The average molecular weight is 290 g/mol. The Labute approximate surface area is 127 Å². The molecule has 1 aliphatic heterocycles. The molecule has 1 fully saturated rings. The summed E-state index contributed by atoms with van der Waals surface area (Å²) in [4.78, 5) is 13.9. The monoisotopic (exact) mass is 290 g/mol. The summed E-state index contributed by atoms with van der Waals surface area (Å²) in [5, 5.41) is 3.28. The Hall–Kier alpha value is -1.39. The van der Waals surface area contributed by atoms with Gasteiger partial charge in [0.2, 0.25) is 5.91 Å². The predicted molar refractivity (Wildman–Crippen MR) is 84.1 cm³/mol. The first-order valence-electron chi connectivity index (χ1n) is 7.73. The summed E-state index contributed by atoms with van der Waals surface area (Å²) in [6.45, 7) is 9.98. The van der Waals surface area contributed by atoms with E-state index in [0.29, 0.717) is 25.6 Å². The molecule has 0 aliphatic carbocycles. The van der Waals surface area contributed by atoms with Crippen LogP contribution in [0.4, 0.5) is 0 Å². The molecule has 1 aliphatic rings. The summed E-state index contributed by atoms with van der Waals surface area (Å²) in [5.74, 6) is 0.660. The Balaban J connectivity index is 2.04. The summed E-state index contributed by atoms with van der Waals surface area (Å²) in [5.41, 5.74) is 2.45. The molecule has 116 valence electrons.